The number of anilines is 2. The van der Waals surface area contributed by atoms with Gasteiger partial charge in [0.15, 0.2) is 0 Å². The lowest BCUT2D eigenvalue weighted by molar-refractivity contribution is -0.114. The topological polar surface area (TPSA) is 111 Å². The summed E-state index contributed by atoms with van der Waals surface area (Å²) in [5.74, 6) is 0.189. The summed E-state index contributed by atoms with van der Waals surface area (Å²) in [5, 5.41) is 19.2. The normalized spacial score (nSPS) is 14.7. The molecular weight excluding hydrogens is 454 g/mol. The molecule has 0 fully saturated rings. The summed E-state index contributed by atoms with van der Waals surface area (Å²) in [5.41, 5.74) is 2.05. The van der Waals surface area contributed by atoms with E-state index in [1.165, 1.54) is 23.2 Å². The van der Waals surface area contributed by atoms with Gasteiger partial charge in [0.2, 0.25) is 0 Å². The number of hydrogen-bond donors (Lipinski definition) is 2. The molecule has 34 heavy (non-hydrogen) atoms. The fourth-order valence-corrected chi connectivity index (χ4v) is 5.15. The molecule has 8 nitrogen and oxygen atoms in total. The number of sulfonamides is 1. The Morgan fingerprint density at radius 3 is 2.29 bits per heavy atom. The van der Waals surface area contributed by atoms with E-state index in [2.05, 4.69) is 4.98 Å². The Morgan fingerprint density at radius 1 is 1.00 bits per heavy atom. The molecule has 1 aromatic heterocycles. The highest BCUT2D eigenvalue weighted by molar-refractivity contribution is 7.92. The number of nitrogens with zero attached hydrogens (tertiary/aromatic N) is 3. The summed E-state index contributed by atoms with van der Waals surface area (Å²) in [7, 11) is -4.08. The molecule has 3 aromatic rings. The van der Waals surface area contributed by atoms with Crippen molar-refractivity contribution in [3.63, 3.8) is 0 Å². The molecule has 9 heteroatoms. The summed E-state index contributed by atoms with van der Waals surface area (Å²) >= 11 is 0. The standard InChI is InChI=1S/C25H25N3O5S/c29-18-22(30)17-28(21-9-5-2-6-10-21)34(32,33)23-11-12-24(26-16-23)27-14-13-20(25(27)31)15-19-7-3-1-4-8-19/h1-13,16,22,29-30H,14-15,17-18H2. The van der Waals surface area contributed by atoms with Crippen molar-refractivity contribution in [1.29, 1.82) is 0 Å². The van der Waals surface area contributed by atoms with Crippen LogP contribution in [0.4, 0.5) is 11.5 Å². The Bertz CT molecular complexity index is 1260. The second-order valence-electron chi connectivity index (χ2n) is 7.87. The third kappa shape index (κ3) is 5.01. The molecule has 1 aliphatic rings. The molecular formula is C25H25N3O5S. The Balaban J connectivity index is 1.54. The zero-order valence-electron chi connectivity index (χ0n) is 18.4. The van der Waals surface area contributed by atoms with Crippen molar-refractivity contribution >= 4 is 27.4 Å². The molecule has 1 atom stereocenters. The minimum absolute atomic E-state index is 0.0886. The van der Waals surface area contributed by atoms with E-state index in [0.29, 0.717) is 30.0 Å². The van der Waals surface area contributed by atoms with Gasteiger partial charge in [-0.05, 0) is 29.8 Å². The largest absolute Gasteiger partial charge is 0.394 e. The van der Waals surface area contributed by atoms with E-state index >= 15 is 0 Å². The molecule has 4 rings (SSSR count). The van der Waals surface area contributed by atoms with Crippen LogP contribution in [0, 0.1) is 0 Å². The molecule has 2 heterocycles. The number of rotatable bonds is 9. The minimum Gasteiger partial charge on any atom is -0.394 e. The van der Waals surface area contributed by atoms with Gasteiger partial charge >= 0.3 is 0 Å². The Morgan fingerprint density at radius 2 is 1.68 bits per heavy atom. The predicted octanol–water partition coefficient (Wildman–Crippen LogP) is 2.15. The highest BCUT2D eigenvalue weighted by Gasteiger charge is 2.29. The van der Waals surface area contributed by atoms with E-state index in [4.69, 9.17) is 0 Å². The molecule has 1 unspecified atom stereocenters. The number of carbonyl (C=O) groups is 1. The maximum absolute atomic E-state index is 13.3. The van der Waals surface area contributed by atoms with Crippen molar-refractivity contribution in [2.45, 2.75) is 17.4 Å². The van der Waals surface area contributed by atoms with Crippen LogP contribution in [0.25, 0.3) is 0 Å². The average Bonchev–Trinajstić information content (AvgIpc) is 3.23. The monoisotopic (exact) mass is 479 g/mol. The van der Waals surface area contributed by atoms with E-state index in [1.54, 1.807) is 30.3 Å². The Labute approximate surface area is 198 Å². The van der Waals surface area contributed by atoms with Gasteiger partial charge in [-0.25, -0.2) is 13.4 Å². The van der Waals surface area contributed by atoms with Crippen molar-refractivity contribution in [3.8, 4) is 0 Å². The third-order valence-electron chi connectivity index (χ3n) is 5.49. The van der Waals surface area contributed by atoms with Crippen LogP contribution in [0.1, 0.15) is 5.56 Å². The molecule has 0 spiro atoms. The van der Waals surface area contributed by atoms with Crippen molar-refractivity contribution in [2.24, 2.45) is 0 Å². The summed E-state index contributed by atoms with van der Waals surface area (Å²) in [4.78, 5) is 18.5. The van der Waals surface area contributed by atoms with E-state index in [1.807, 2.05) is 36.4 Å². The lowest BCUT2D eigenvalue weighted by Gasteiger charge is -2.26. The lowest BCUT2D eigenvalue weighted by Crippen LogP contribution is -2.39. The van der Waals surface area contributed by atoms with Crippen LogP contribution in [0.5, 0.6) is 0 Å². The van der Waals surface area contributed by atoms with Gasteiger partial charge in [-0.2, -0.15) is 0 Å². The summed E-state index contributed by atoms with van der Waals surface area (Å²) in [6.07, 6.45) is 2.32. The number of aliphatic hydroxyl groups is 2. The van der Waals surface area contributed by atoms with Gasteiger partial charge in [-0.15, -0.1) is 0 Å². The molecule has 1 amide bonds. The quantitative estimate of drug-likeness (QED) is 0.487. The van der Waals surface area contributed by atoms with Crippen LogP contribution in [-0.4, -0.2) is 55.3 Å². The molecule has 0 aliphatic carbocycles. The van der Waals surface area contributed by atoms with Crippen LogP contribution < -0.4 is 9.21 Å². The number of aromatic nitrogens is 1. The van der Waals surface area contributed by atoms with Gasteiger partial charge < -0.3 is 10.2 Å². The maximum Gasteiger partial charge on any atom is 0.265 e. The SMILES string of the molecule is O=C1C(Cc2ccccc2)=CCN1c1ccc(S(=O)(=O)N(CC(O)CO)c2ccccc2)cn1. The first-order valence-corrected chi connectivity index (χ1v) is 12.2. The average molecular weight is 480 g/mol. The van der Waals surface area contributed by atoms with E-state index in [9.17, 15) is 23.4 Å². The molecule has 176 valence electrons. The fraction of sp³-hybridized carbons (Fsp3) is 0.200. The summed E-state index contributed by atoms with van der Waals surface area (Å²) in [6, 6.07) is 20.9. The number of pyridine rings is 1. The van der Waals surface area contributed by atoms with Gasteiger partial charge in [0, 0.05) is 24.7 Å². The second kappa shape index (κ2) is 10.2. The van der Waals surface area contributed by atoms with E-state index in [-0.39, 0.29) is 17.3 Å². The molecule has 2 N–H and O–H groups in total. The number of benzene rings is 2. The van der Waals surface area contributed by atoms with Crippen LogP contribution in [0.2, 0.25) is 0 Å². The van der Waals surface area contributed by atoms with Gasteiger partial charge in [0.25, 0.3) is 15.9 Å². The minimum atomic E-state index is -4.08. The number of hydrogen-bond acceptors (Lipinski definition) is 6. The van der Waals surface area contributed by atoms with E-state index in [0.717, 1.165) is 9.87 Å². The molecule has 0 bridgehead atoms. The number of aliphatic hydroxyl groups excluding tert-OH is 2. The van der Waals surface area contributed by atoms with Gasteiger partial charge in [-0.3, -0.25) is 14.0 Å². The molecule has 0 saturated carbocycles. The number of amides is 1. The summed E-state index contributed by atoms with van der Waals surface area (Å²) < 4.78 is 27.7. The van der Waals surface area contributed by atoms with Crippen molar-refractivity contribution in [1.82, 2.24) is 4.98 Å². The second-order valence-corrected chi connectivity index (χ2v) is 9.73. The highest BCUT2D eigenvalue weighted by Crippen LogP contribution is 2.26. The predicted molar refractivity (Wildman–Crippen MR) is 129 cm³/mol. The third-order valence-corrected chi connectivity index (χ3v) is 7.27. The number of para-hydroxylation sites is 1. The maximum atomic E-state index is 13.3. The summed E-state index contributed by atoms with van der Waals surface area (Å²) in [6.45, 7) is -0.535. The van der Waals surface area contributed by atoms with Crippen molar-refractivity contribution < 1.29 is 23.4 Å². The van der Waals surface area contributed by atoms with E-state index < -0.39 is 22.7 Å². The molecule has 0 radical (unpaired) electrons. The smallest absolute Gasteiger partial charge is 0.265 e. The zero-order chi connectivity index (χ0) is 24.1. The first kappa shape index (κ1) is 23.6. The Kier molecular flexibility index (Phi) is 7.06. The molecule has 1 aliphatic heterocycles. The van der Waals surface area contributed by atoms with Crippen LogP contribution >= 0.6 is 0 Å². The zero-order valence-corrected chi connectivity index (χ0v) is 19.2. The van der Waals surface area contributed by atoms with Gasteiger partial charge in [-0.1, -0.05) is 54.6 Å². The van der Waals surface area contributed by atoms with Gasteiger partial charge in [0.05, 0.1) is 24.9 Å². The highest BCUT2D eigenvalue weighted by atomic mass is 32.2. The van der Waals surface area contributed by atoms with Gasteiger partial charge in [0.1, 0.15) is 10.7 Å². The fourth-order valence-electron chi connectivity index (χ4n) is 3.70. The number of carbonyl (C=O) groups excluding carboxylic acids is 1. The van der Waals surface area contributed by atoms with Crippen molar-refractivity contribution in [3.05, 3.63) is 96.2 Å². The van der Waals surface area contributed by atoms with Crippen LogP contribution in [0.3, 0.4) is 0 Å². The lowest BCUT2D eigenvalue weighted by atomic mass is 10.1. The first-order valence-electron chi connectivity index (χ1n) is 10.8. The Hall–Kier alpha value is -3.53. The first-order chi connectivity index (χ1) is 16.4. The molecule has 0 saturated heterocycles. The van der Waals surface area contributed by atoms with Crippen LogP contribution in [0.15, 0.2) is 95.5 Å². The molecule has 2 aromatic carbocycles. The van der Waals surface area contributed by atoms with Crippen LogP contribution in [-0.2, 0) is 21.2 Å². The van der Waals surface area contributed by atoms with Crippen molar-refractivity contribution in [2.75, 3.05) is 28.9 Å².